The van der Waals surface area contributed by atoms with Gasteiger partial charge in [-0.15, -0.1) is 0 Å². The van der Waals surface area contributed by atoms with Gasteiger partial charge in [-0.05, 0) is 25.1 Å². The van der Waals surface area contributed by atoms with Crippen LogP contribution in [0, 0.1) is 6.92 Å². The number of esters is 1. The van der Waals surface area contributed by atoms with Crippen molar-refractivity contribution in [3.8, 4) is 0 Å². The van der Waals surface area contributed by atoms with Crippen LogP contribution in [0.5, 0.6) is 0 Å². The van der Waals surface area contributed by atoms with Crippen molar-refractivity contribution in [3.63, 3.8) is 0 Å². The predicted octanol–water partition coefficient (Wildman–Crippen LogP) is 3.09. The second-order valence-corrected chi connectivity index (χ2v) is 5.86. The highest BCUT2D eigenvalue weighted by Gasteiger charge is 2.25. The second kappa shape index (κ2) is 6.84. The molecule has 132 valence electrons. The highest BCUT2D eigenvalue weighted by atomic mass is 16.5. The van der Waals surface area contributed by atoms with Crippen LogP contribution in [0.15, 0.2) is 48.5 Å². The molecule has 0 aliphatic heterocycles. The third-order valence-corrected chi connectivity index (χ3v) is 4.41. The van der Waals surface area contributed by atoms with Crippen molar-refractivity contribution in [2.75, 3.05) is 12.4 Å². The summed E-state index contributed by atoms with van der Waals surface area (Å²) in [6.45, 7) is 1.79. The Morgan fingerprint density at radius 1 is 1.00 bits per heavy atom. The molecule has 0 saturated carbocycles. The molecule has 0 spiro atoms. The zero-order valence-corrected chi connectivity index (χ0v) is 14.7. The smallest absolute Gasteiger partial charge is 0.339 e. The summed E-state index contributed by atoms with van der Waals surface area (Å²) in [5, 5.41) is 3.24. The number of amides is 1. The van der Waals surface area contributed by atoms with Crippen molar-refractivity contribution in [1.82, 2.24) is 4.57 Å². The van der Waals surface area contributed by atoms with Crippen LogP contribution in [0.1, 0.15) is 26.4 Å². The number of hydrogen-bond acceptors (Lipinski definition) is 4. The zero-order valence-electron chi connectivity index (χ0n) is 14.7. The lowest BCUT2D eigenvalue weighted by atomic mass is 10.1. The first-order chi connectivity index (χ1) is 12.5. The van der Waals surface area contributed by atoms with Crippen LogP contribution in [0.4, 0.5) is 5.69 Å². The van der Waals surface area contributed by atoms with E-state index in [9.17, 15) is 14.4 Å². The number of hydrogen-bond donors (Lipinski definition) is 1. The maximum absolute atomic E-state index is 12.8. The number of rotatable bonds is 4. The molecule has 0 saturated heterocycles. The molecule has 0 unspecified atom stereocenters. The Morgan fingerprint density at radius 2 is 1.65 bits per heavy atom. The number of ether oxygens (including phenoxy) is 1. The van der Waals surface area contributed by atoms with Gasteiger partial charge in [0.15, 0.2) is 0 Å². The van der Waals surface area contributed by atoms with Gasteiger partial charge in [0.05, 0.1) is 23.9 Å². The van der Waals surface area contributed by atoms with E-state index in [0.29, 0.717) is 16.6 Å². The van der Waals surface area contributed by atoms with Crippen molar-refractivity contribution in [3.05, 3.63) is 65.4 Å². The highest BCUT2D eigenvalue weighted by molar-refractivity contribution is 6.48. The number of nitrogens with zero attached hydrogens (tertiary/aromatic N) is 1. The Kier molecular flexibility index (Phi) is 4.58. The van der Waals surface area contributed by atoms with Crippen molar-refractivity contribution in [2.24, 2.45) is 7.05 Å². The molecule has 26 heavy (non-hydrogen) atoms. The molecular weight excluding hydrogens is 332 g/mol. The molecule has 3 rings (SSSR count). The number of carbonyl (C=O) groups excluding carboxylic acids is 3. The van der Waals surface area contributed by atoms with E-state index in [1.807, 2.05) is 35.9 Å². The van der Waals surface area contributed by atoms with Gasteiger partial charge in [-0.25, -0.2) is 4.79 Å². The van der Waals surface area contributed by atoms with Gasteiger partial charge in [-0.2, -0.15) is 0 Å². The summed E-state index contributed by atoms with van der Waals surface area (Å²) in [6.07, 6.45) is 0. The van der Waals surface area contributed by atoms with Gasteiger partial charge in [0.25, 0.3) is 11.7 Å². The molecule has 1 amide bonds. The molecule has 6 heteroatoms. The number of carbonyl (C=O) groups is 3. The summed E-state index contributed by atoms with van der Waals surface area (Å²) in [5.41, 5.74) is 2.35. The van der Waals surface area contributed by atoms with Gasteiger partial charge in [-0.1, -0.05) is 30.3 Å². The molecule has 0 fully saturated rings. The summed E-state index contributed by atoms with van der Waals surface area (Å²) in [4.78, 5) is 37.2. The van der Waals surface area contributed by atoms with Crippen LogP contribution in [-0.4, -0.2) is 29.3 Å². The maximum Gasteiger partial charge on any atom is 0.339 e. The lowest BCUT2D eigenvalue weighted by Gasteiger charge is -2.09. The van der Waals surface area contributed by atoms with Gasteiger partial charge in [0.2, 0.25) is 0 Å². The fourth-order valence-electron chi connectivity index (χ4n) is 2.98. The average molecular weight is 350 g/mol. The standard InChI is InChI=1S/C20H18N2O4/c1-12-17(14-9-5-7-11-16(14)22(12)2)18(23)19(24)21-15-10-6-4-8-13(15)20(25)26-3/h4-11H,1-3H3,(H,21,24). The molecule has 3 aromatic rings. The van der Waals surface area contributed by atoms with Crippen molar-refractivity contribution >= 4 is 34.3 Å². The maximum atomic E-state index is 12.8. The first kappa shape index (κ1) is 17.4. The summed E-state index contributed by atoms with van der Waals surface area (Å²) >= 11 is 0. The molecule has 1 N–H and O–H groups in total. The van der Waals surface area contributed by atoms with Crippen LogP contribution in [0.3, 0.4) is 0 Å². The topological polar surface area (TPSA) is 77.4 Å². The second-order valence-electron chi connectivity index (χ2n) is 5.86. The lowest BCUT2D eigenvalue weighted by Crippen LogP contribution is -2.24. The van der Waals surface area contributed by atoms with E-state index in [4.69, 9.17) is 4.74 Å². The van der Waals surface area contributed by atoms with Crippen LogP contribution >= 0.6 is 0 Å². The molecule has 2 aromatic carbocycles. The predicted molar refractivity (Wildman–Crippen MR) is 98.4 cm³/mol. The van der Waals surface area contributed by atoms with E-state index in [-0.39, 0.29) is 11.3 Å². The quantitative estimate of drug-likeness (QED) is 0.446. The van der Waals surface area contributed by atoms with Crippen molar-refractivity contribution in [1.29, 1.82) is 0 Å². The minimum Gasteiger partial charge on any atom is -0.465 e. The molecule has 6 nitrogen and oxygen atoms in total. The number of para-hydroxylation sites is 2. The van der Waals surface area contributed by atoms with E-state index < -0.39 is 17.7 Å². The molecule has 0 aliphatic carbocycles. The van der Waals surface area contributed by atoms with Crippen molar-refractivity contribution in [2.45, 2.75) is 6.92 Å². The first-order valence-electron chi connectivity index (χ1n) is 8.02. The van der Waals surface area contributed by atoms with Gasteiger partial charge in [0.1, 0.15) is 0 Å². The number of nitrogens with one attached hydrogen (secondary N) is 1. The summed E-state index contributed by atoms with van der Waals surface area (Å²) in [7, 11) is 3.10. The van der Waals surface area contributed by atoms with E-state index in [1.165, 1.54) is 13.2 Å². The highest BCUT2D eigenvalue weighted by Crippen LogP contribution is 2.26. The number of anilines is 1. The number of benzene rings is 2. The minimum absolute atomic E-state index is 0.186. The molecule has 0 aliphatic rings. The monoisotopic (exact) mass is 350 g/mol. The number of aryl methyl sites for hydroxylation is 1. The average Bonchev–Trinajstić information content (AvgIpc) is 2.92. The molecule has 1 heterocycles. The van der Waals surface area contributed by atoms with Crippen LogP contribution in [0.25, 0.3) is 10.9 Å². The zero-order chi connectivity index (χ0) is 18.8. The molecule has 0 atom stereocenters. The van der Waals surface area contributed by atoms with Crippen LogP contribution in [0.2, 0.25) is 0 Å². The summed E-state index contributed by atoms with van der Waals surface area (Å²) in [6, 6.07) is 13.8. The Hall–Kier alpha value is -3.41. The van der Waals surface area contributed by atoms with Gasteiger partial charge in [-0.3, -0.25) is 9.59 Å². The van der Waals surface area contributed by atoms with E-state index in [0.717, 1.165) is 5.52 Å². The third kappa shape index (κ3) is 2.86. The van der Waals surface area contributed by atoms with Crippen LogP contribution < -0.4 is 5.32 Å². The Labute approximate surface area is 150 Å². The van der Waals surface area contributed by atoms with E-state index >= 15 is 0 Å². The van der Waals surface area contributed by atoms with E-state index in [2.05, 4.69) is 5.32 Å². The number of methoxy groups -OCH3 is 1. The van der Waals surface area contributed by atoms with Crippen LogP contribution in [-0.2, 0) is 16.6 Å². The molecule has 1 aromatic heterocycles. The Bertz CT molecular complexity index is 1030. The van der Waals surface area contributed by atoms with Gasteiger partial charge < -0.3 is 14.6 Å². The lowest BCUT2D eigenvalue weighted by molar-refractivity contribution is -0.112. The Balaban J connectivity index is 1.97. The Morgan fingerprint density at radius 3 is 2.38 bits per heavy atom. The molecule has 0 radical (unpaired) electrons. The number of fused-ring (bicyclic) bond motifs is 1. The molecule has 0 bridgehead atoms. The first-order valence-corrected chi connectivity index (χ1v) is 8.02. The SMILES string of the molecule is COC(=O)c1ccccc1NC(=O)C(=O)c1c(C)n(C)c2ccccc12. The van der Waals surface area contributed by atoms with Gasteiger partial charge >= 0.3 is 5.97 Å². The normalized spacial score (nSPS) is 10.6. The molecular formula is C20H18N2O4. The minimum atomic E-state index is -0.805. The number of aromatic nitrogens is 1. The summed E-state index contributed by atoms with van der Waals surface area (Å²) < 4.78 is 6.58. The largest absolute Gasteiger partial charge is 0.465 e. The fourth-order valence-corrected chi connectivity index (χ4v) is 2.98. The third-order valence-electron chi connectivity index (χ3n) is 4.41. The van der Waals surface area contributed by atoms with E-state index in [1.54, 1.807) is 25.1 Å². The van der Waals surface area contributed by atoms with Crippen molar-refractivity contribution < 1.29 is 19.1 Å². The number of ketones is 1. The van der Waals surface area contributed by atoms with Gasteiger partial charge in [0, 0.05) is 23.6 Å². The number of Topliss-reactive ketones (excluding diaryl/α,β-unsaturated/α-hetero) is 1. The summed E-state index contributed by atoms with van der Waals surface area (Å²) in [5.74, 6) is -2.05. The fraction of sp³-hybridized carbons (Fsp3) is 0.150.